The van der Waals surface area contributed by atoms with E-state index in [4.69, 9.17) is 21.2 Å². The summed E-state index contributed by atoms with van der Waals surface area (Å²) in [5.41, 5.74) is 3.25. The number of rotatable bonds is 6. The number of ether oxygens (including phenoxy) is 1. The Bertz CT molecular complexity index is 765. The smallest absolute Gasteiger partial charge is 0.414 e. The van der Waals surface area contributed by atoms with Crippen molar-refractivity contribution in [1.82, 2.24) is 5.32 Å². The lowest BCUT2D eigenvalue weighted by atomic mass is 10.2. The zero-order valence-corrected chi connectivity index (χ0v) is 15.0. The van der Waals surface area contributed by atoms with Gasteiger partial charge in [0.05, 0.1) is 29.4 Å². The number of hydrogen-bond donors (Lipinski definition) is 2. The van der Waals surface area contributed by atoms with E-state index in [0.29, 0.717) is 15.8 Å². The van der Waals surface area contributed by atoms with Crippen LogP contribution < -0.4 is 15.7 Å². The minimum Gasteiger partial charge on any atom is -0.442 e. The molecule has 1 aromatic heterocycles. The number of nitrogens with two attached hydrogens (primary N) is 1. The number of carbonyl (C=O) groups excluding carboxylic acids is 2. The standard InChI is InChI=1S/C16H16ClN3O4S/c1-23-19-10-2-4-11(5-3-10)20-9-12(24-16(20)22)8-18-15(21)13-6-7-14(17)25-13/h2-7,12,19H,8-9H2,1H3,(H,18,21)/p+1. The van der Waals surface area contributed by atoms with E-state index >= 15 is 0 Å². The highest BCUT2D eigenvalue weighted by atomic mass is 35.5. The molecule has 0 spiro atoms. The van der Waals surface area contributed by atoms with Crippen LogP contribution >= 0.6 is 22.9 Å². The summed E-state index contributed by atoms with van der Waals surface area (Å²) in [4.78, 5) is 31.1. The van der Waals surface area contributed by atoms with Gasteiger partial charge in [-0.3, -0.25) is 9.69 Å². The van der Waals surface area contributed by atoms with Gasteiger partial charge in [-0.25, -0.2) is 9.63 Å². The lowest BCUT2D eigenvalue weighted by molar-refractivity contribution is -0.830. The third kappa shape index (κ3) is 4.29. The highest BCUT2D eigenvalue weighted by Gasteiger charge is 2.32. The summed E-state index contributed by atoms with van der Waals surface area (Å²) < 4.78 is 5.87. The van der Waals surface area contributed by atoms with Gasteiger partial charge in [-0.15, -0.1) is 11.3 Å². The Hall–Kier alpha value is -2.13. The SMILES string of the molecule is CO[NH2+]c1ccc(N2CC(CNC(=O)c3ccc(Cl)s3)OC2=O)cc1. The maximum absolute atomic E-state index is 12.1. The molecular weight excluding hydrogens is 366 g/mol. The first-order valence-corrected chi connectivity index (χ1v) is 8.74. The van der Waals surface area contributed by atoms with E-state index in [2.05, 4.69) is 5.32 Å². The summed E-state index contributed by atoms with van der Waals surface area (Å²) in [7, 11) is 1.58. The lowest BCUT2D eigenvalue weighted by Gasteiger charge is -2.13. The molecule has 1 aliphatic rings. The third-order valence-electron chi connectivity index (χ3n) is 3.62. The van der Waals surface area contributed by atoms with Gasteiger partial charge in [-0.05, 0) is 24.3 Å². The fraction of sp³-hybridized carbons (Fsp3) is 0.250. The fourth-order valence-electron chi connectivity index (χ4n) is 2.44. The monoisotopic (exact) mass is 382 g/mol. The van der Waals surface area contributed by atoms with E-state index in [1.807, 2.05) is 24.3 Å². The molecule has 2 amide bonds. The van der Waals surface area contributed by atoms with Crippen LogP contribution in [0.15, 0.2) is 36.4 Å². The highest BCUT2D eigenvalue weighted by molar-refractivity contribution is 7.17. The summed E-state index contributed by atoms with van der Waals surface area (Å²) >= 11 is 7.02. The Labute approximate surface area is 153 Å². The first kappa shape index (κ1) is 17.7. The minimum absolute atomic E-state index is 0.231. The molecule has 1 unspecified atom stereocenters. The first-order chi connectivity index (χ1) is 12.1. The topological polar surface area (TPSA) is 84.5 Å². The molecule has 1 saturated heterocycles. The zero-order chi connectivity index (χ0) is 17.8. The molecule has 3 rings (SSSR count). The van der Waals surface area contributed by atoms with Crippen LogP contribution in [-0.4, -0.2) is 38.3 Å². The second kappa shape index (κ2) is 7.83. The predicted molar refractivity (Wildman–Crippen MR) is 94.3 cm³/mol. The molecule has 25 heavy (non-hydrogen) atoms. The molecule has 132 valence electrons. The average molecular weight is 383 g/mol. The lowest BCUT2D eigenvalue weighted by Crippen LogP contribution is -2.75. The number of thiophene rings is 1. The molecule has 1 atom stereocenters. The molecule has 7 nitrogen and oxygen atoms in total. The number of carbonyl (C=O) groups is 2. The molecule has 3 N–H and O–H groups in total. The maximum atomic E-state index is 12.1. The molecule has 1 aliphatic heterocycles. The van der Waals surface area contributed by atoms with Crippen LogP contribution in [0.5, 0.6) is 0 Å². The van der Waals surface area contributed by atoms with Gasteiger partial charge >= 0.3 is 6.09 Å². The summed E-state index contributed by atoms with van der Waals surface area (Å²) in [6.45, 7) is 0.615. The quantitative estimate of drug-likeness (QED) is 0.590. The van der Waals surface area contributed by atoms with Crippen molar-refractivity contribution < 1.29 is 24.6 Å². The summed E-state index contributed by atoms with van der Waals surface area (Å²) in [6.07, 6.45) is -0.834. The van der Waals surface area contributed by atoms with Crippen LogP contribution in [0.3, 0.4) is 0 Å². The van der Waals surface area contributed by atoms with E-state index in [9.17, 15) is 9.59 Å². The molecule has 9 heteroatoms. The van der Waals surface area contributed by atoms with Crippen molar-refractivity contribution in [2.45, 2.75) is 6.10 Å². The van der Waals surface area contributed by atoms with E-state index in [-0.39, 0.29) is 12.5 Å². The second-order valence-corrected chi connectivity index (χ2v) is 7.09. The highest BCUT2D eigenvalue weighted by Crippen LogP contribution is 2.23. The number of quaternary nitrogens is 1. The molecule has 2 heterocycles. The largest absolute Gasteiger partial charge is 0.442 e. The molecule has 1 fully saturated rings. The average Bonchev–Trinajstić information content (AvgIpc) is 3.20. The van der Waals surface area contributed by atoms with Crippen molar-refractivity contribution >= 4 is 46.3 Å². The summed E-state index contributed by atoms with van der Waals surface area (Å²) in [5, 5.41) is 2.76. The second-order valence-electron chi connectivity index (χ2n) is 5.38. The summed E-state index contributed by atoms with van der Waals surface area (Å²) in [5.74, 6) is -0.231. The Kier molecular flexibility index (Phi) is 5.54. The Morgan fingerprint density at radius 2 is 2.16 bits per heavy atom. The van der Waals surface area contributed by atoms with Gasteiger partial charge in [0, 0.05) is 17.8 Å². The number of halogens is 1. The number of nitrogens with one attached hydrogen (secondary N) is 1. The Morgan fingerprint density at radius 1 is 1.40 bits per heavy atom. The van der Waals surface area contributed by atoms with Gasteiger partial charge < -0.3 is 10.1 Å². The van der Waals surface area contributed by atoms with E-state index < -0.39 is 12.2 Å². The Balaban J connectivity index is 1.56. The third-order valence-corrected chi connectivity index (χ3v) is 4.85. The van der Waals surface area contributed by atoms with Gasteiger partial charge in [0.1, 0.15) is 6.10 Å². The predicted octanol–water partition coefficient (Wildman–Crippen LogP) is 1.91. The molecule has 0 saturated carbocycles. The Morgan fingerprint density at radius 3 is 2.80 bits per heavy atom. The van der Waals surface area contributed by atoms with Gasteiger partial charge in [-0.1, -0.05) is 11.6 Å². The van der Waals surface area contributed by atoms with Crippen LogP contribution in [0.25, 0.3) is 0 Å². The maximum Gasteiger partial charge on any atom is 0.414 e. The first-order valence-electron chi connectivity index (χ1n) is 7.54. The number of anilines is 1. The van der Waals surface area contributed by atoms with Crippen molar-refractivity contribution in [3.8, 4) is 0 Å². The van der Waals surface area contributed by atoms with Crippen molar-refractivity contribution in [3.63, 3.8) is 0 Å². The van der Waals surface area contributed by atoms with Crippen molar-refractivity contribution in [1.29, 1.82) is 0 Å². The molecule has 0 bridgehead atoms. The van der Waals surface area contributed by atoms with E-state index in [1.54, 1.807) is 24.7 Å². The van der Waals surface area contributed by atoms with Crippen LogP contribution in [0.4, 0.5) is 16.2 Å². The number of nitrogens with zero attached hydrogens (tertiary/aromatic N) is 1. The molecule has 0 radical (unpaired) electrons. The van der Waals surface area contributed by atoms with Gasteiger partial charge in [-0.2, -0.15) is 5.48 Å². The van der Waals surface area contributed by atoms with Gasteiger partial charge in [0.2, 0.25) is 0 Å². The number of benzene rings is 1. The minimum atomic E-state index is -0.429. The van der Waals surface area contributed by atoms with Crippen molar-refractivity contribution in [2.75, 3.05) is 25.1 Å². The molecular formula is C16H17ClN3O4S+. The van der Waals surface area contributed by atoms with Crippen molar-refractivity contribution in [3.05, 3.63) is 45.6 Å². The number of cyclic esters (lactones) is 1. The molecule has 1 aromatic carbocycles. The molecule has 2 aromatic rings. The normalized spacial score (nSPS) is 16.8. The number of hydrogen-bond acceptors (Lipinski definition) is 5. The summed E-state index contributed by atoms with van der Waals surface area (Å²) in [6, 6.07) is 10.7. The fourth-order valence-corrected chi connectivity index (χ4v) is 3.40. The van der Waals surface area contributed by atoms with E-state index in [0.717, 1.165) is 11.4 Å². The van der Waals surface area contributed by atoms with Crippen LogP contribution in [0, 0.1) is 0 Å². The number of amides is 2. The van der Waals surface area contributed by atoms with Gasteiger partial charge in [0.25, 0.3) is 5.91 Å². The van der Waals surface area contributed by atoms with Crippen LogP contribution in [0.1, 0.15) is 9.67 Å². The van der Waals surface area contributed by atoms with Crippen LogP contribution in [-0.2, 0) is 9.57 Å². The van der Waals surface area contributed by atoms with Crippen LogP contribution in [0.2, 0.25) is 4.34 Å². The molecule has 0 aliphatic carbocycles. The van der Waals surface area contributed by atoms with Gasteiger partial charge in [0.15, 0.2) is 5.69 Å². The van der Waals surface area contributed by atoms with E-state index in [1.165, 1.54) is 16.2 Å². The van der Waals surface area contributed by atoms with Crippen molar-refractivity contribution in [2.24, 2.45) is 0 Å². The zero-order valence-electron chi connectivity index (χ0n) is 13.4.